The Labute approximate surface area is 240 Å². The van der Waals surface area contributed by atoms with Crippen LogP contribution in [0.5, 0.6) is 0 Å². The molecule has 3 aromatic rings. The Morgan fingerprint density at radius 1 is 1.00 bits per heavy atom. The Kier molecular flexibility index (Phi) is 7.56. The van der Waals surface area contributed by atoms with Crippen molar-refractivity contribution in [1.82, 2.24) is 9.55 Å². The van der Waals surface area contributed by atoms with Gasteiger partial charge in [-0.2, -0.15) is 5.26 Å². The molecule has 204 valence electrons. The van der Waals surface area contributed by atoms with E-state index in [1.165, 1.54) is 44.7 Å². The second-order valence-corrected chi connectivity index (χ2v) is 12.6. The number of benzene rings is 2. The van der Waals surface area contributed by atoms with Crippen LogP contribution < -0.4 is 0 Å². The fraction of sp³-hybridized carbons (Fsp3) is 0.351. The van der Waals surface area contributed by atoms with Gasteiger partial charge in [0.15, 0.2) is 0 Å². The molecule has 0 saturated heterocycles. The first-order valence-electron chi connectivity index (χ1n) is 14.6. The van der Waals surface area contributed by atoms with E-state index in [0.717, 1.165) is 24.2 Å². The number of nitrogens with zero attached hydrogens (tertiary/aromatic N) is 3. The van der Waals surface area contributed by atoms with Crippen molar-refractivity contribution in [2.75, 3.05) is 0 Å². The Hall–Kier alpha value is -3.90. The van der Waals surface area contributed by atoms with Crippen LogP contribution >= 0.6 is 0 Å². The lowest BCUT2D eigenvalue weighted by molar-refractivity contribution is 0.437. The highest BCUT2D eigenvalue weighted by Crippen LogP contribution is 2.47. The molecule has 1 atom stereocenters. The van der Waals surface area contributed by atoms with Crippen LogP contribution in [0.15, 0.2) is 101 Å². The summed E-state index contributed by atoms with van der Waals surface area (Å²) < 4.78 is 2.36. The number of allylic oxidation sites excluding steroid dienone is 8. The maximum absolute atomic E-state index is 9.57. The second kappa shape index (κ2) is 10.9. The summed E-state index contributed by atoms with van der Waals surface area (Å²) in [7, 11) is 0. The van der Waals surface area contributed by atoms with Gasteiger partial charge in [-0.3, -0.25) is 0 Å². The molecule has 0 N–H and O–H groups in total. The standard InChI is InChI=1S/C37H41N3/c1-24(2)32-20-31(28-12-9-8-10-13-28)21-33(25(3)4)35(32)40-17-16-39-36(40)30-15-11-14-29(19-30)34-26(5)18-27(23-38)22-37(34,6)7/h8-18,20-21,24-25,30H,19,22H2,1-7H3. The van der Waals surface area contributed by atoms with Gasteiger partial charge in [0.1, 0.15) is 5.82 Å². The van der Waals surface area contributed by atoms with Gasteiger partial charge in [0.05, 0.1) is 11.8 Å². The van der Waals surface area contributed by atoms with E-state index < -0.39 is 0 Å². The summed E-state index contributed by atoms with van der Waals surface area (Å²) >= 11 is 0. The summed E-state index contributed by atoms with van der Waals surface area (Å²) in [5.74, 6) is 1.97. The molecule has 2 aliphatic rings. The van der Waals surface area contributed by atoms with E-state index in [-0.39, 0.29) is 11.3 Å². The summed E-state index contributed by atoms with van der Waals surface area (Å²) in [5, 5.41) is 9.57. The molecule has 0 bridgehead atoms. The second-order valence-electron chi connectivity index (χ2n) is 12.6. The van der Waals surface area contributed by atoms with E-state index in [9.17, 15) is 5.26 Å². The maximum atomic E-state index is 9.57. The first-order chi connectivity index (χ1) is 19.1. The first kappa shape index (κ1) is 27.7. The van der Waals surface area contributed by atoms with Crippen LogP contribution in [-0.4, -0.2) is 9.55 Å². The molecule has 0 aliphatic heterocycles. The van der Waals surface area contributed by atoms with Crippen molar-refractivity contribution in [2.45, 2.75) is 79.1 Å². The van der Waals surface area contributed by atoms with Gasteiger partial charge in [-0.1, -0.05) is 90.1 Å². The van der Waals surface area contributed by atoms with Gasteiger partial charge in [-0.05, 0) is 94.2 Å². The van der Waals surface area contributed by atoms with E-state index >= 15 is 0 Å². The molecule has 0 amide bonds. The highest BCUT2D eigenvalue weighted by atomic mass is 15.1. The molecular formula is C37H41N3. The minimum atomic E-state index is -0.0796. The molecule has 3 heteroatoms. The molecule has 0 fully saturated rings. The first-order valence-corrected chi connectivity index (χ1v) is 14.6. The Morgan fingerprint density at radius 3 is 2.27 bits per heavy atom. The molecule has 0 radical (unpaired) electrons. The Balaban J connectivity index is 1.59. The number of nitriles is 1. The predicted octanol–water partition coefficient (Wildman–Crippen LogP) is 9.95. The van der Waals surface area contributed by atoms with Crippen LogP contribution in [-0.2, 0) is 0 Å². The van der Waals surface area contributed by atoms with Crippen molar-refractivity contribution in [3.8, 4) is 22.9 Å². The van der Waals surface area contributed by atoms with Gasteiger partial charge >= 0.3 is 0 Å². The largest absolute Gasteiger partial charge is 0.303 e. The van der Waals surface area contributed by atoms with Gasteiger partial charge in [0.25, 0.3) is 0 Å². The third-order valence-electron chi connectivity index (χ3n) is 8.40. The molecular weight excluding hydrogens is 486 g/mol. The van der Waals surface area contributed by atoms with Crippen molar-refractivity contribution >= 4 is 0 Å². The molecule has 1 aromatic heterocycles. The lowest BCUT2D eigenvalue weighted by Gasteiger charge is -2.36. The van der Waals surface area contributed by atoms with E-state index in [1.54, 1.807) is 0 Å². The molecule has 40 heavy (non-hydrogen) atoms. The fourth-order valence-electron chi connectivity index (χ4n) is 6.70. The van der Waals surface area contributed by atoms with Crippen LogP contribution in [0.1, 0.15) is 96.0 Å². The normalized spacial score (nSPS) is 18.6. The van der Waals surface area contributed by atoms with Crippen LogP contribution in [0.2, 0.25) is 0 Å². The zero-order chi connectivity index (χ0) is 28.6. The number of aromatic nitrogens is 2. The summed E-state index contributed by atoms with van der Waals surface area (Å²) in [6.07, 6.45) is 14.6. The zero-order valence-corrected chi connectivity index (χ0v) is 25.0. The highest BCUT2D eigenvalue weighted by molar-refractivity contribution is 5.70. The third-order valence-corrected chi connectivity index (χ3v) is 8.40. The number of imidazole rings is 1. The lowest BCUT2D eigenvalue weighted by Crippen LogP contribution is -2.23. The smallest absolute Gasteiger partial charge is 0.120 e. The Morgan fingerprint density at radius 2 is 1.68 bits per heavy atom. The van der Waals surface area contributed by atoms with Gasteiger partial charge in [0, 0.05) is 23.9 Å². The SMILES string of the molecule is CC1=C(C2=CC=CC(c3nccn3-c3c(C(C)C)cc(-c4ccccc4)cc3C(C)C)C2)C(C)(C)CC(C#N)=C1. The van der Waals surface area contributed by atoms with Gasteiger partial charge in [-0.15, -0.1) is 0 Å². The molecule has 0 spiro atoms. The summed E-state index contributed by atoms with van der Waals surface area (Å²) in [5.41, 5.74) is 11.2. The monoisotopic (exact) mass is 527 g/mol. The van der Waals surface area contributed by atoms with E-state index in [0.29, 0.717) is 11.8 Å². The van der Waals surface area contributed by atoms with Crippen LogP contribution in [0.4, 0.5) is 0 Å². The van der Waals surface area contributed by atoms with Gasteiger partial charge < -0.3 is 4.57 Å². The van der Waals surface area contributed by atoms with Gasteiger partial charge in [-0.25, -0.2) is 4.98 Å². The average molecular weight is 528 g/mol. The van der Waals surface area contributed by atoms with Crippen molar-refractivity contribution < 1.29 is 0 Å². The number of hydrogen-bond donors (Lipinski definition) is 0. The minimum absolute atomic E-state index is 0.0796. The predicted molar refractivity (Wildman–Crippen MR) is 167 cm³/mol. The van der Waals surface area contributed by atoms with Crippen LogP contribution in [0.25, 0.3) is 16.8 Å². The van der Waals surface area contributed by atoms with Crippen LogP contribution in [0, 0.1) is 16.7 Å². The van der Waals surface area contributed by atoms with Crippen molar-refractivity contribution in [3.05, 3.63) is 118 Å². The van der Waals surface area contributed by atoms with E-state index in [4.69, 9.17) is 4.98 Å². The molecule has 0 saturated carbocycles. The molecule has 3 nitrogen and oxygen atoms in total. The zero-order valence-electron chi connectivity index (χ0n) is 25.0. The van der Waals surface area contributed by atoms with Crippen molar-refractivity contribution in [3.63, 3.8) is 0 Å². The summed E-state index contributed by atoms with van der Waals surface area (Å²) in [6, 6.07) is 17.9. The quantitative estimate of drug-likeness (QED) is 0.320. The average Bonchev–Trinajstić information content (AvgIpc) is 3.41. The molecule has 1 heterocycles. The van der Waals surface area contributed by atoms with Gasteiger partial charge in [0.2, 0.25) is 0 Å². The third kappa shape index (κ3) is 5.16. The molecule has 2 aromatic carbocycles. The topological polar surface area (TPSA) is 41.6 Å². The Bertz CT molecular complexity index is 1550. The maximum Gasteiger partial charge on any atom is 0.120 e. The van der Waals surface area contributed by atoms with E-state index in [2.05, 4.69) is 132 Å². The fourth-order valence-corrected chi connectivity index (χ4v) is 6.70. The molecule has 1 unspecified atom stereocenters. The molecule has 2 aliphatic carbocycles. The van der Waals surface area contributed by atoms with Crippen LogP contribution in [0.3, 0.4) is 0 Å². The minimum Gasteiger partial charge on any atom is -0.303 e. The van der Waals surface area contributed by atoms with Crippen molar-refractivity contribution in [1.29, 1.82) is 5.26 Å². The molecule has 5 rings (SSSR count). The number of hydrogen-bond acceptors (Lipinski definition) is 2. The summed E-state index contributed by atoms with van der Waals surface area (Å²) in [6.45, 7) is 15.9. The van der Waals surface area contributed by atoms with Crippen molar-refractivity contribution in [2.24, 2.45) is 5.41 Å². The lowest BCUT2D eigenvalue weighted by atomic mass is 9.68. The highest BCUT2D eigenvalue weighted by Gasteiger charge is 2.34. The summed E-state index contributed by atoms with van der Waals surface area (Å²) in [4.78, 5) is 4.97. The van der Waals surface area contributed by atoms with E-state index in [1.807, 2.05) is 6.20 Å². The number of rotatable bonds is 6.